The van der Waals surface area contributed by atoms with E-state index in [4.69, 9.17) is 13.8 Å². The van der Waals surface area contributed by atoms with Crippen LogP contribution in [0.2, 0.25) is 0 Å². The summed E-state index contributed by atoms with van der Waals surface area (Å²) in [6.45, 7) is 9.39. The number of hydrogen-bond donors (Lipinski definition) is 2. The van der Waals surface area contributed by atoms with Crippen molar-refractivity contribution in [3.8, 4) is 0 Å². The van der Waals surface area contributed by atoms with Crippen LogP contribution < -0.4 is 10.6 Å². The van der Waals surface area contributed by atoms with Crippen LogP contribution in [0.1, 0.15) is 62.9 Å². The van der Waals surface area contributed by atoms with E-state index in [0.717, 1.165) is 11.5 Å². The van der Waals surface area contributed by atoms with Crippen molar-refractivity contribution in [1.82, 2.24) is 25.9 Å². The van der Waals surface area contributed by atoms with Crippen LogP contribution in [0.5, 0.6) is 0 Å². The van der Waals surface area contributed by atoms with Gasteiger partial charge in [0.2, 0.25) is 5.89 Å². The van der Waals surface area contributed by atoms with Gasteiger partial charge in [0, 0.05) is 19.7 Å². The van der Waals surface area contributed by atoms with Crippen LogP contribution >= 0.6 is 0 Å². The monoisotopic (exact) mass is 350 g/mol. The van der Waals surface area contributed by atoms with Gasteiger partial charge in [-0.05, 0) is 19.8 Å². The lowest BCUT2D eigenvalue weighted by atomic mass is 10.1. The summed E-state index contributed by atoms with van der Waals surface area (Å²) in [7, 11) is 1.69. The Morgan fingerprint density at radius 2 is 1.96 bits per heavy atom. The highest BCUT2D eigenvalue weighted by molar-refractivity contribution is 5.79. The molecule has 2 aromatic heterocycles. The minimum absolute atomic E-state index is 0.193. The number of nitrogens with one attached hydrogen (secondary N) is 2. The Kier molecular flexibility index (Phi) is 6.93. The number of nitrogens with zero attached hydrogens (tertiary/aromatic N) is 4. The molecular formula is C16H26N6O3. The molecule has 138 valence electrons. The number of aliphatic imine (C=N–C) groups is 1. The highest BCUT2D eigenvalue weighted by atomic mass is 16.5. The predicted octanol–water partition coefficient (Wildman–Crippen LogP) is 2.14. The van der Waals surface area contributed by atoms with Gasteiger partial charge in [0.15, 0.2) is 17.5 Å². The first-order valence-corrected chi connectivity index (χ1v) is 8.37. The average Bonchev–Trinajstić information content (AvgIpc) is 3.24. The molecule has 0 saturated carbocycles. The molecule has 1 unspecified atom stereocenters. The van der Waals surface area contributed by atoms with E-state index in [2.05, 4.69) is 44.8 Å². The van der Waals surface area contributed by atoms with E-state index < -0.39 is 0 Å². The van der Waals surface area contributed by atoms with E-state index in [-0.39, 0.29) is 6.10 Å². The quantitative estimate of drug-likeness (QED) is 0.550. The largest absolute Gasteiger partial charge is 0.371 e. The van der Waals surface area contributed by atoms with Crippen molar-refractivity contribution < 1.29 is 13.8 Å². The van der Waals surface area contributed by atoms with E-state index in [1.807, 2.05) is 19.9 Å². The third-order valence-electron chi connectivity index (χ3n) is 3.49. The Morgan fingerprint density at radius 3 is 2.60 bits per heavy atom. The second-order valence-corrected chi connectivity index (χ2v) is 5.80. The molecule has 0 bridgehead atoms. The normalized spacial score (nSPS) is 13.3. The lowest BCUT2D eigenvalue weighted by Crippen LogP contribution is -2.36. The van der Waals surface area contributed by atoms with Gasteiger partial charge in [0.1, 0.15) is 6.10 Å². The first-order valence-electron chi connectivity index (χ1n) is 8.37. The topological polar surface area (TPSA) is 111 Å². The van der Waals surface area contributed by atoms with Gasteiger partial charge in [-0.25, -0.2) is 0 Å². The molecule has 0 aliphatic carbocycles. The number of aromatic nitrogens is 3. The molecule has 2 aromatic rings. The fourth-order valence-electron chi connectivity index (χ4n) is 2.06. The molecule has 9 nitrogen and oxygen atoms in total. The number of ether oxygens (including phenoxy) is 1. The molecule has 9 heteroatoms. The molecule has 25 heavy (non-hydrogen) atoms. The number of rotatable bonds is 8. The summed E-state index contributed by atoms with van der Waals surface area (Å²) < 4.78 is 15.9. The van der Waals surface area contributed by atoms with Gasteiger partial charge in [-0.3, -0.25) is 4.99 Å². The van der Waals surface area contributed by atoms with Gasteiger partial charge in [-0.2, -0.15) is 4.98 Å². The van der Waals surface area contributed by atoms with Crippen LogP contribution in [0, 0.1) is 0 Å². The Bertz CT molecular complexity index is 679. The second-order valence-electron chi connectivity index (χ2n) is 5.80. The van der Waals surface area contributed by atoms with Gasteiger partial charge in [-0.1, -0.05) is 24.2 Å². The van der Waals surface area contributed by atoms with Gasteiger partial charge in [0.25, 0.3) is 0 Å². The summed E-state index contributed by atoms with van der Waals surface area (Å²) in [6.07, 6.45) is -0.193. The molecule has 2 rings (SSSR count). The molecule has 1 atom stereocenters. The molecule has 2 heterocycles. The van der Waals surface area contributed by atoms with Crippen LogP contribution in [0.4, 0.5) is 0 Å². The van der Waals surface area contributed by atoms with E-state index in [1.165, 1.54) is 0 Å². The first kappa shape index (κ1) is 18.9. The summed E-state index contributed by atoms with van der Waals surface area (Å²) in [5.74, 6) is 2.67. The maximum absolute atomic E-state index is 5.44. The Hall–Kier alpha value is -2.42. The summed E-state index contributed by atoms with van der Waals surface area (Å²) in [5, 5.41) is 14.2. The Morgan fingerprint density at radius 1 is 1.20 bits per heavy atom. The molecule has 0 aliphatic rings. The van der Waals surface area contributed by atoms with Gasteiger partial charge >= 0.3 is 0 Å². The lowest BCUT2D eigenvalue weighted by molar-refractivity contribution is 0.0683. The Balaban J connectivity index is 1.82. The van der Waals surface area contributed by atoms with Crippen molar-refractivity contribution in [2.24, 2.45) is 4.99 Å². The maximum Gasteiger partial charge on any atom is 0.246 e. The average molecular weight is 350 g/mol. The van der Waals surface area contributed by atoms with E-state index in [1.54, 1.807) is 7.05 Å². The molecule has 0 saturated heterocycles. The van der Waals surface area contributed by atoms with Crippen molar-refractivity contribution in [1.29, 1.82) is 0 Å². The van der Waals surface area contributed by atoms with Crippen LogP contribution in [0.15, 0.2) is 20.1 Å². The van der Waals surface area contributed by atoms with Crippen LogP contribution in [-0.2, 0) is 17.8 Å². The van der Waals surface area contributed by atoms with Crippen LogP contribution in [-0.4, -0.2) is 34.9 Å². The molecular weight excluding hydrogens is 324 g/mol. The third kappa shape index (κ3) is 5.56. The minimum atomic E-state index is -0.193. The summed E-state index contributed by atoms with van der Waals surface area (Å²) in [4.78, 5) is 8.45. The van der Waals surface area contributed by atoms with Crippen LogP contribution in [0.25, 0.3) is 0 Å². The summed E-state index contributed by atoms with van der Waals surface area (Å²) in [6, 6.07) is 1.93. The molecule has 0 aliphatic heterocycles. The molecule has 0 aromatic carbocycles. The van der Waals surface area contributed by atoms with Crippen molar-refractivity contribution in [2.45, 2.75) is 52.8 Å². The summed E-state index contributed by atoms with van der Waals surface area (Å²) in [5.41, 5.74) is 0.932. The minimum Gasteiger partial charge on any atom is -0.371 e. The van der Waals surface area contributed by atoms with Crippen molar-refractivity contribution in [3.05, 3.63) is 29.2 Å². The molecule has 2 N–H and O–H groups in total. The standard InChI is InChI=1S/C16H26N6O3/c1-6-23-11(4)15-20-14(25-22-15)9-19-16(17-5)18-8-12-7-13(10(2)3)21-24-12/h7,10-11H,6,8-9H2,1-5H3,(H2,17,18,19). The zero-order chi connectivity index (χ0) is 18.2. The second kappa shape index (κ2) is 9.16. The highest BCUT2D eigenvalue weighted by Gasteiger charge is 2.14. The maximum atomic E-state index is 5.44. The SMILES string of the molecule is CCOC(C)c1noc(CNC(=NC)NCc2cc(C(C)C)no2)n1. The van der Waals surface area contributed by atoms with Crippen molar-refractivity contribution in [3.63, 3.8) is 0 Å². The molecule has 0 fully saturated rings. The predicted molar refractivity (Wildman–Crippen MR) is 92.0 cm³/mol. The fraction of sp³-hybridized carbons (Fsp3) is 0.625. The van der Waals surface area contributed by atoms with Crippen molar-refractivity contribution in [2.75, 3.05) is 13.7 Å². The zero-order valence-corrected chi connectivity index (χ0v) is 15.4. The zero-order valence-electron chi connectivity index (χ0n) is 15.4. The van der Waals surface area contributed by atoms with Gasteiger partial charge in [0.05, 0.1) is 18.8 Å². The molecule has 0 radical (unpaired) electrons. The van der Waals surface area contributed by atoms with E-state index in [9.17, 15) is 0 Å². The lowest BCUT2D eigenvalue weighted by Gasteiger charge is -2.08. The smallest absolute Gasteiger partial charge is 0.246 e. The van der Waals surface area contributed by atoms with E-state index in [0.29, 0.717) is 43.3 Å². The third-order valence-corrected chi connectivity index (χ3v) is 3.49. The Labute approximate surface area is 147 Å². The van der Waals surface area contributed by atoms with Gasteiger partial charge in [-0.15, -0.1) is 0 Å². The summed E-state index contributed by atoms with van der Waals surface area (Å²) >= 11 is 0. The first-order chi connectivity index (χ1) is 12.0. The van der Waals surface area contributed by atoms with Gasteiger partial charge < -0.3 is 24.4 Å². The van der Waals surface area contributed by atoms with E-state index >= 15 is 0 Å². The number of guanidine groups is 1. The fourth-order valence-corrected chi connectivity index (χ4v) is 2.06. The molecule has 0 amide bonds. The highest BCUT2D eigenvalue weighted by Crippen LogP contribution is 2.14. The molecule has 0 spiro atoms. The van der Waals surface area contributed by atoms with Crippen LogP contribution in [0.3, 0.4) is 0 Å². The number of hydrogen-bond acceptors (Lipinski definition) is 7. The van der Waals surface area contributed by atoms with Crippen molar-refractivity contribution >= 4 is 5.96 Å².